The quantitative estimate of drug-likeness (QED) is 0.491. The van der Waals surface area contributed by atoms with Gasteiger partial charge >= 0.3 is 12.1 Å². The monoisotopic (exact) mass is 533 g/mol. The minimum atomic E-state index is -0.563. The largest absolute Gasteiger partial charge is 0.488 e. The van der Waals surface area contributed by atoms with Crippen LogP contribution in [0.15, 0.2) is 23.6 Å². The molecule has 0 radical (unpaired) electrons. The number of rotatable bonds is 7. The standard InChI is InChI=1S/C25H31N3O6S2/c1-25(2,3)34-24(31)26-12-16-10-15-9-14(5-7-19(15)33-16)22(30)28-23-27-18(13-35-23)20-8-6-17(36-20)11-21(29)32-4/h5,7,9,13,16-17,20H,6,8,10-12H2,1-4H3,(H,26,31)(H,27,28,30). The molecule has 9 nitrogen and oxygen atoms in total. The van der Waals surface area contributed by atoms with E-state index < -0.39 is 11.7 Å². The number of nitrogens with one attached hydrogen (secondary N) is 2. The molecule has 2 aliphatic heterocycles. The number of esters is 1. The zero-order chi connectivity index (χ0) is 25.9. The molecule has 3 atom stereocenters. The topological polar surface area (TPSA) is 116 Å². The SMILES string of the molecule is COC(=O)CC1CCC(c2csc(NC(=O)c3ccc4c(c3)CC(CNC(=O)OC(C)(C)C)O4)n2)S1. The Labute approximate surface area is 218 Å². The summed E-state index contributed by atoms with van der Waals surface area (Å²) in [6.45, 7) is 5.74. The minimum Gasteiger partial charge on any atom is -0.488 e. The van der Waals surface area contributed by atoms with Crippen LogP contribution in [-0.4, -0.2) is 53.6 Å². The number of aromatic nitrogens is 1. The molecular formula is C25H31N3O6S2. The molecule has 3 heterocycles. The molecule has 2 amide bonds. The van der Waals surface area contributed by atoms with Crippen molar-refractivity contribution in [2.45, 2.75) is 68.7 Å². The normalized spacial score (nSPS) is 20.8. The van der Waals surface area contributed by atoms with Crippen molar-refractivity contribution in [2.75, 3.05) is 19.0 Å². The van der Waals surface area contributed by atoms with Crippen molar-refractivity contribution < 1.29 is 28.6 Å². The predicted molar refractivity (Wildman–Crippen MR) is 139 cm³/mol. The van der Waals surface area contributed by atoms with Crippen LogP contribution in [0.5, 0.6) is 5.75 Å². The molecule has 0 spiro atoms. The molecule has 3 unspecified atom stereocenters. The molecule has 1 aromatic carbocycles. The molecule has 36 heavy (non-hydrogen) atoms. The highest BCUT2D eigenvalue weighted by Gasteiger charge is 2.30. The molecule has 1 aromatic heterocycles. The smallest absolute Gasteiger partial charge is 0.407 e. The van der Waals surface area contributed by atoms with E-state index in [1.165, 1.54) is 18.4 Å². The van der Waals surface area contributed by atoms with Crippen LogP contribution in [0.1, 0.15) is 66.9 Å². The maximum atomic E-state index is 12.9. The van der Waals surface area contributed by atoms with E-state index in [0.29, 0.717) is 35.8 Å². The van der Waals surface area contributed by atoms with E-state index >= 15 is 0 Å². The van der Waals surface area contributed by atoms with Gasteiger partial charge in [0, 0.05) is 27.9 Å². The van der Waals surface area contributed by atoms with Gasteiger partial charge in [0.05, 0.1) is 25.8 Å². The maximum absolute atomic E-state index is 12.9. The number of benzene rings is 1. The van der Waals surface area contributed by atoms with E-state index in [0.717, 1.165) is 24.1 Å². The number of nitrogens with zero attached hydrogens (tertiary/aromatic N) is 1. The molecule has 0 bridgehead atoms. The van der Waals surface area contributed by atoms with Gasteiger partial charge in [0.25, 0.3) is 5.91 Å². The van der Waals surface area contributed by atoms with Crippen LogP contribution < -0.4 is 15.4 Å². The summed E-state index contributed by atoms with van der Waals surface area (Å²) < 4.78 is 15.9. The van der Waals surface area contributed by atoms with Gasteiger partial charge in [-0.1, -0.05) is 0 Å². The van der Waals surface area contributed by atoms with Crippen LogP contribution >= 0.6 is 23.1 Å². The number of fused-ring (bicyclic) bond motifs is 1. The van der Waals surface area contributed by atoms with Crippen LogP contribution in [0.4, 0.5) is 9.93 Å². The van der Waals surface area contributed by atoms with E-state index in [1.807, 2.05) is 32.2 Å². The lowest BCUT2D eigenvalue weighted by molar-refractivity contribution is -0.140. The first kappa shape index (κ1) is 26.3. The number of methoxy groups -OCH3 is 1. The molecule has 194 valence electrons. The third-order valence-electron chi connectivity index (χ3n) is 5.74. The maximum Gasteiger partial charge on any atom is 0.407 e. The average molecular weight is 534 g/mol. The first-order valence-electron chi connectivity index (χ1n) is 11.8. The molecule has 2 N–H and O–H groups in total. The Hall–Kier alpha value is -2.79. The summed E-state index contributed by atoms with van der Waals surface area (Å²) in [5.74, 6) is 0.278. The van der Waals surface area contributed by atoms with Crippen molar-refractivity contribution in [1.82, 2.24) is 10.3 Å². The van der Waals surface area contributed by atoms with Crippen LogP contribution in [0.3, 0.4) is 0 Å². The van der Waals surface area contributed by atoms with Crippen molar-refractivity contribution >= 4 is 46.2 Å². The Bertz CT molecular complexity index is 1130. The summed E-state index contributed by atoms with van der Waals surface area (Å²) in [5, 5.41) is 8.58. The number of anilines is 1. The zero-order valence-corrected chi connectivity index (χ0v) is 22.4. The predicted octanol–water partition coefficient (Wildman–Crippen LogP) is 4.72. The molecule has 2 aromatic rings. The van der Waals surface area contributed by atoms with Gasteiger partial charge in [0.1, 0.15) is 17.5 Å². The molecule has 0 saturated carbocycles. The molecular weight excluding hydrogens is 502 g/mol. The van der Waals surface area contributed by atoms with Gasteiger partial charge in [-0.25, -0.2) is 9.78 Å². The molecule has 1 saturated heterocycles. The summed E-state index contributed by atoms with van der Waals surface area (Å²) in [6, 6.07) is 5.31. The van der Waals surface area contributed by atoms with E-state index in [9.17, 15) is 14.4 Å². The number of ether oxygens (including phenoxy) is 3. The van der Waals surface area contributed by atoms with Crippen molar-refractivity contribution in [3.63, 3.8) is 0 Å². The highest BCUT2D eigenvalue weighted by atomic mass is 32.2. The lowest BCUT2D eigenvalue weighted by atomic mass is 10.1. The fourth-order valence-corrected chi connectivity index (χ4v) is 6.44. The van der Waals surface area contributed by atoms with Crippen LogP contribution in [-0.2, 0) is 20.7 Å². The van der Waals surface area contributed by atoms with Crippen molar-refractivity contribution in [2.24, 2.45) is 0 Å². The number of thiazole rings is 1. The Balaban J connectivity index is 1.29. The fourth-order valence-electron chi connectivity index (χ4n) is 4.09. The first-order valence-corrected chi connectivity index (χ1v) is 13.7. The lowest BCUT2D eigenvalue weighted by Crippen LogP contribution is -2.38. The van der Waals surface area contributed by atoms with Gasteiger partial charge in [0.15, 0.2) is 5.13 Å². The number of hydrogen-bond acceptors (Lipinski definition) is 9. The van der Waals surface area contributed by atoms with Crippen LogP contribution in [0, 0.1) is 0 Å². The molecule has 1 fully saturated rings. The van der Waals surface area contributed by atoms with Crippen molar-refractivity contribution in [1.29, 1.82) is 0 Å². The van der Waals surface area contributed by atoms with E-state index in [2.05, 4.69) is 15.6 Å². The molecule has 0 aliphatic carbocycles. The number of alkyl carbamates (subject to hydrolysis) is 1. The Kier molecular flexibility index (Phi) is 8.09. The summed E-state index contributed by atoms with van der Waals surface area (Å²) in [6.07, 6.45) is 2.16. The van der Waals surface area contributed by atoms with E-state index in [-0.39, 0.29) is 28.5 Å². The average Bonchev–Trinajstić information content (AvgIpc) is 3.55. The third-order valence-corrected chi connectivity index (χ3v) is 8.11. The number of carbonyl (C=O) groups is 3. The Morgan fingerprint density at radius 2 is 2.03 bits per heavy atom. The van der Waals surface area contributed by atoms with Crippen molar-refractivity contribution in [3.05, 3.63) is 40.4 Å². The lowest BCUT2D eigenvalue weighted by Gasteiger charge is -2.20. The second-order valence-corrected chi connectivity index (χ2v) is 12.2. The van der Waals surface area contributed by atoms with Crippen LogP contribution in [0.25, 0.3) is 0 Å². The zero-order valence-electron chi connectivity index (χ0n) is 20.8. The van der Waals surface area contributed by atoms with Gasteiger partial charge in [-0.2, -0.15) is 0 Å². The third kappa shape index (κ3) is 6.91. The molecule has 2 aliphatic rings. The van der Waals surface area contributed by atoms with Gasteiger partial charge in [-0.05, 0) is 57.4 Å². The van der Waals surface area contributed by atoms with Crippen molar-refractivity contribution in [3.8, 4) is 5.75 Å². The second kappa shape index (κ2) is 11.1. The Morgan fingerprint density at radius 3 is 2.78 bits per heavy atom. The Morgan fingerprint density at radius 1 is 1.22 bits per heavy atom. The summed E-state index contributed by atoms with van der Waals surface area (Å²) in [5.41, 5.74) is 1.79. The van der Waals surface area contributed by atoms with Gasteiger partial charge in [0.2, 0.25) is 0 Å². The second-order valence-electron chi connectivity index (χ2n) is 9.79. The van der Waals surface area contributed by atoms with Gasteiger partial charge in [-0.15, -0.1) is 23.1 Å². The molecule has 11 heteroatoms. The van der Waals surface area contributed by atoms with E-state index in [1.54, 1.807) is 23.9 Å². The number of amides is 2. The van der Waals surface area contributed by atoms with E-state index in [4.69, 9.17) is 14.2 Å². The first-order chi connectivity index (χ1) is 17.1. The number of thioether (sulfide) groups is 1. The highest BCUT2D eigenvalue weighted by molar-refractivity contribution is 8.00. The summed E-state index contributed by atoms with van der Waals surface area (Å²) in [7, 11) is 1.41. The summed E-state index contributed by atoms with van der Waals surface area (Å²) >= 11 is 3.13. The number of hydrogen-bond donors (Lipinski definition) is 2. The highest BCUT2D eigenvalue weighted by Crippen LogP contribution is 2.46. The fraction of sp³-hybridized carbons (Fsp3) is 0.520. The minimum absolute atomic E-state index is 0.190. The van der Waals surface area contributed by atoms with Crippen LogP contribution in [0.2, 0.25) is 0 Å². The van der Waals surface area contributed by atoms with Gasteiger partial charge in [-0.3, -0.25) is 14.9 Å². The molecule has 4 rings (SSSR count). The summed E-state index contributed by atoms with van der Waals surface area (Å²) in [4.78, 5) is 40.9. The van der Waals surface area contributed by atoms with Gasteiger partial charge < -0.3 is 19.5 Å². The number of carbonyl (C=O) groups excluding carboxylic acids is 3.